The fourth-order valence-corrected chi connectivity index (χ4v) is 3.49. The third kappa shape index (κ3) is 4.01. The van der Waals surface area contributed by atoms with Gasteiger partial charge in [-0.3, -0.25) is 4.90 Å². The van der Waals surface area contributed by atoms with Gasteiger partial charge >= 0.3 is 0 Å². The Kier molecular flexibility index (Phi) is 4.51. The first-order chi connectivity index (χ1) is 9.31. The Labute approximate surface area is 120 Å². The molecule has 1 N–H and O–H groups in total. The number of rotatable bonds is 5. The summed E-state index contributed by atoms with van der Waals surface area (Å²) < 4.78 is 5.87. The second-order valence-corrected chi connectivity index (χ2v) is 6.92. The highest BCUT2D eigenvalue weighted by atomic mass is 32.2. The van der Waals surface area contributed by atoms with Gasteiger partial charge in [0.2, 0.25) is 0 Å². The Hall–Kier alpha value is -0.450. The molecule has 0 radical (unpaired) electrons. The number of furan rings is 1. The SMILES string of the molecule is Cc1oc(CNC2CC2)cc1CN1CCCSCC1. The zero-order chi connectivity index (χ0) is 13.1. The van der Waals surface area contributed by atoms with Crippen LogP contribution >= 0.6 is 11.8 Å². The fourth-order valence-electron chi connectivity index (χ4n) is 2.56. The number of hydrogen-bond donors (Lipinski definition) is 1. The number of nitrogens with zero attached hydrogens (tertiary/aromatic N) is 1. The van der Waals surface area contributed by atoms with E-state index in [1.165, 1.54) is 49.4 Å². The molecule has 1 aromatic heterocycles. The predicted molar refractivity (Wildman–Crippen MR) is 80.5 cm³/mol. The largest absolute Gasteiger partial charge is 0.465 e. The molecular weight excluding hydrogens is 256 g/mol. The molecule has 2 fully saturated rings. The van der Waals surface area contributed by atoms with Crippen molar-refractivity contribution >= 4 is 11.8 Å². The van der Waals surface area contributed by atoms with Crippen molar-refractivity contribution in [1.29, 1.82) is 0 Å². The summed E-state index contributed by atoms with van der Waals surface area (Å²) in [6.07, 6.45) is 3.98. The summed E-state index contributed by atoms with van der Waals surface area (Å²) in [6, 6.07) is 3.00. The molecule has 1 aromatic rings. The zero-order valence-corrected chi connectivity index (χ0v) is 12.6. The molecule has 2 aliphatic rings. The maximum Gasteiger partial charge on any atom is 0.118 e. The van der Waals surface area contributed by atoms with Gasteiger partial charge in [0.15, 0.2) is 0 Å². The van der Waals surface area contributed by atoms with Crippen molar-refractivity contribution in [2.75, 3.05) is 24.6 Å². The van der Waals surface area contributed by atoms with Crippen molar-refractivity contribution in [3.05, 3.63) is 23.2 Å². The Bertz CT molecular complexity index is 406. The molecule has 1 aliphatic carbocycles. The smallest absolute Gasteiger partial charge is 0.118 e. The topological polar surface area (TPSA) is 28.4 Å². The van der Waals surface area contributed by atoms with Crippen LogP contribution in [-0.2, 0) is 13.1 Å². The van der Waals surface area contributed by atoms with Crippen molar-refractivity contribution in [3.8, 4) is 0 Å². The van der Waals surface area contributed by atoms with Crippen molar-refractivity contribution < 1.29 is 4.42 Å². The van der Waals surface area contributed by atoms with E-state index in [1.54, 1.807) is 0 Å². The third-order valence-electron chi connectivity index (χ3n) is 3.92. The van der Waals surface area contributed by atoms with Crippen LogP contribution in [0.1, 0.15) is 36.3 Å². The minimum absolute atomic E-state index is 0.747. The Balaban J connectivity index is 1.56. The third-order valence-corrected chi connectivity index (χ3v) is 4.97. The highest BCUT2D eigenvalue weighted by Gasteiger charge is 2.21. The average molecular weight is 280 g/mol. The quantitative estimate of drug-likeness (QED) is 0.898. The van der Waals surface area contributed by atoms with Crippen LogP contribution in [0.5, 0.6) is 0 Å². The van der Waals surface area contributed by atoms with Crippen LogP contribution in [0, 0.1) is 6.92 Å². The molecule has 0 bridgehead atoms. The lowest BCUT2D eigenvalue weighted by Crippen LogP contribution is -2.25. The molecular formula is C15H24N2OS. The second-order valence-electron chi connectivity index (χ2n) is 5.69. The number of hydrogen-bond acceptors (Lipinski definition) is 4. The lowest BCUT2D eigenvalue weighted by atomic mass is 10.2. The number of nitrogens with one attached hydrogen (secondary N) is 1. The van der Waals surface area contributed by atoms with Gasteiger partial charge in [-0.1, -0.05) is 0 Å². The summed E-state index contributed by atoms with van der Waals surface area (Å²) >= 11 is 2.08. The molecule has 3 rings (SSSR count). The predicted octanol–water partition coefficient (Wildman–Crippen LogP) is 2.78. The van der Waals surface area contributed by atoms with Crippen LogP contribution in [0.25, 0.3) is 0 Å². The van der Waals surface area contributed by atoms with Gasteiger partial charge < -0.3 is 9.73 Å². The number of thioether (sulfide) groups is 1. The van der Waals surface area contributed by atoms with Crippen LogP contribution in [-0.4, -0.2) is 35.5 Å². The van der Waals surface area contributed by atoms with E-state index in [0.29, 0.717) is 0 Å². The molecule has 0 atom stereocenters. The van der Waals surface area contributed by atoms with Gasteiger partial charge in [0.1, 0.15) is 11.5 Å². The highest BCUT2D eigenvalue weighted by molar-refractivity contribution is 7.99. The molecule has 1 saturated heterocycles. The molecule has 1 aliphatic heterocycles. The number of aryl methyl sites for hydroxylation is 1. The molecule has 4 heteroatoms. The van der Waals surface area contributed by atoms with E-state index in [0.717, 1.165) is 30.7 Å². The van der Waals surface area contributed by atoms with E-state index in [9.17, 15) is 0 Å². The summed E-state index contributed by atoms with van der Waals surface area (Å²) in [6.45, 7) is 6.49. The van der Waals surface area contributed by atoms with E-state index in [2.05, 4.69) is 35.0 Å². The van der Waals surface area contributed by atoms with Crippen LogP contribution in [0.2, 0.25) is 0 Å². The van der Waals surface area contributed by atoms with Crippen LogP contribution in [0.4, 0.5) is 0 Å². The molecule has 106 valence electrons. The van der Waals surface area contributed by atoms with Gasteiger partial charge in [-0.05, 0) is 44.6 Å². The van der Waals surface area contributed by atoms with Crippen molar-refractivity contribution in [3.63, 3.8) is 0 Å². The summed E-state index contributed by atoms with van der Waals surface area (Å²) in [5.74, 6) is 4.79. The molecule has 0 unspecified atom stereocenters. The van der Waals surface area contributed by atoms with Crippen LogP contribution in [0.15, 0.2) is 10.5 Å². The second kappa shape index (κ2) is 6.33. The van der Waals surface area contributed by atoms with Crippen molar-refractivity contribution in [2.24, 2.45) is 0 Å². The van der Waals surface area contributed by atoms with Gasteiger partial charge in [-0.15, -0.1) is 0 Å². The van der Waals surface area contributed by atoms with Gasteiger partial charge in [0.25, 0.3) is 0 Å². The monoisotopic (exact) mass is 280 g/mol. The highest BCUT2D eigenvalue weighted by Crippen LogP contribution is 2.22. The molecule has 1 saturated carbocycles. The first kappa shape index (κ1) is 13.5. The Morgan fingerprint density at radius 1 is 1.37 bits per heavy atom. The standard InChI is InChI=1S/C15H24N2OS/c1-12-13(11-17-5-2-7-19-8-6-17)9-15(18-12)10-16-14-3-4-14/h9,14,16H,2-8,10-11H2,1H3. The first-order valence-electron chi connectivity index (χ1n) is 7.43. The minimum Gasteiger partial charge on any atom is -0.465 e. The van der Waals surface area contributed by atoms with Crippen molar-refractivity contribution in [1.82, 2.24) is 10.2 Å². The molecule has 3 nitrogen and oxygen atoms in total. The van der Waals surface area contributed by atoms with Gasteiger partial charge in [-0.2, -0.15) is 11.8 Å². The first-order valence-corrected chi connectivity index (χ1v) is 8.58. The fraction of sp³-hybridized carbons (Fsp3) is 0.733. The van der Waals surface area contributed by atoms with Gasteiger partial charge in [-0.25, -0.2) is 0 Å². The summed E-state index contributed by atoms with van der Waals surface area (Å²) in [5, 5.41) is 3.52. The van der Waals surface area contributed by atoms with Gasteiger partial charge in [0, 0.05) is 30.4 Å². The minimum atomic E-state index is 0.747. The maximum absolute atomic E-state index is 5.87. The normalized spacial score (nSPS) is 21.5. The summed E-state index contributed by atoms with van der Waals surface area (Å²) in [5.41, 5.74) is 1.37. The van der Waals surface area contributed by atoms with Gasteiger partial charge in [0.05, 0.1) is 6.54 Å². The van der Waals surface area contributed by atoms with Crippen molar-refractivity contribution in [2.45, 2.75) is 45.3 Å². The summed E-state index contributed by atoms with van der Waals surface area (Å²) in [7, 11) is 0. The lowest BCUT2D eigenvalue weighted by Gasteiger charge is -2.18. The molecule has 19 heavy (non-hydrogen) atoms. The Morgan fingerprint density at radius 2 is 2.26 bits per heavy atom. The van der Waals surface area contributed by atoms with E-state index < -0.39 is 0 Å². The van der Waals surface area contributed by atoms with E-state index in [4.69, 9.17) is 4.42 Å². The van der Waals surface area contributed by atoms with E-state index in [1.807, 2.05) is 0 Å². The summed E-state index contributed by atoms with van der Waals surface area (Å²) in [4.78, 5) is 2.57. The molecule has 0 amide bonds. The average Bonchev–Trinajstić information content (AvgIpc) is 3.18. The zero-order valence-electron chi connectivity index (χ0n) is 11.8. The van der Waals surface area contributed by atoms with E-state index in [-0.39, 0.29) is 0 Å². The van der Waals surface area contributed by atoms with E-state index >= 15 is 0 Å². The van der Waals surface area contributed by atoms with Crippen LogP contribution in [0.3, 0.4) is 0 Å². The molecule has 0 spiro atoms. The Morgan fingerprint density at radius 3 is 3.11 bits per heavy atom. The lowest BCUT2D eigenvalue weighted by molar-refractivity contribution is 0.285. The van der Waals surface area contributed by atoms with Crippen LogP contribution < -0.4 is 5.32 Å². The molecule has 2 heterocycles. The molecule has 0 aromatic carbocycles. The maximum atomic E-state index is 5.87.